The lowest BCUT2D eigenvalue weighted by atomic mass is 9.54. The van der Waals surface area contributed by atoms with Crippen molar-refractivity contribution in [3.63, 3.8) is 0 Å². The zero-order valence-electron chi connectivity index (χ0n) is 23.1. The van der Waals surface area contributed by atoms with E-state index in [0.717, 1.165) is 18.4 Å². The smallest absolute Gasteiger partial charge is 0.323 e. The highest BCUT2D eigenvalue weighted by Crippen LogP contribution is 2.54. The summed E-state index contributed by atoms with van der Waals surface area (Å²) >= 11 is 6.40. The van der Waals surface area contributed by atoms with Crippen LogP contribution in [0, 0.1) is 23.7 Å². The Kier molecular flexibility index (Phi) is 7.29. The highest BCUT2D eigenvalue weighted by molar-refractivity contribution is 6.33. The number of halogens is 1. The number of allylic oxidation sites excluding steroid dienone is 1. The summed E-state index contributed by atoms with van der Waals surface area (Å²) in [4.78, 5) is 31.8. The average molecular weight is 563 g/mol. The third-order valence-corrected chi connectivity index (χ3v) is 9.82. The second-order valence-electron chi connectivity index (χ2n) is 12.0. The van der Waals surface area contributed by atoms with E-state index in [0.29, 0.717) is 22.7 Å². The number of carbonyl (C=O) groups excluding carboxylic acids is 2. The number of fused-ring (bicyclic) bond motifs is 4. The van der Waals surface area contributed by atoms with Gasteiger partial charge in [0.15, 0.2) is 12.3 Å². The molecule has 3 fully saturated rings. The Labute approximate surface area is 234 Å². The predicted molar refractivity (Wildman–Crippen MR) is 145 cm³/mol. The van der Waals surface area contributed by atoms with Crippen molar-refractivity contribution in [2.45, 2.75) is 89.1 Å². The number of rotatable bonds is 4. The van der Waals surface area contributed by atoms with Gasteiger partial charge in [-0.05, 0) is 55.9 Å². The Morgan fingerprint density at radius 1 is 1.21 bits per heavy atom. The molecule has 10 atom stereocenters. The fourth-order valence-corrected chi connectivity index (χ4v) is 7.83. The zero-order chi connectivity index (χ0) is 28.4. The Hall–Kier alpha value is -2.17. The molecule has 0 spiro atoms. The van der Waals surface area contributed by atoms with Crippen LogP contribution in [-0.2, 0) is 29.5 Å². The van der Waals surface area contributed by atoms with Crippen molar-refractivity contribution in [2.75, 3.05) is 12.1 Å². The van der Waals surface area contributed by atoms with E-state index in [9.17, 15) is 19.8 Å². The second kappa shape index (κ2) is 10.0. The number of benzene rings is 1. The number of hydroxylamine groups is 1. The Bertz CT molecular complexity index is 1180. The number of para-hydroxylation sites is 1. The van der Waals surface area contributed by atoms with Crippen molar-refractivity contribution < 1.29 is 34.1 Å². The number of esters is 2. The van der Waals surface area contributed by atoms with E-state index in [-0.39, 0.29) is 30.1 Å². The first-order chi connectivity index (χ1) is 18.3. The molecule has 39 heavy (non-hydrogen) atoms. The quantitative estimate of drug-likeness (QED) is 0.374. The Morgan fingerprint density at radius 2 is 1.92 bits per heavy atom. The van der Waals surface area contributed by atoms with Crippen molar-refractivity contribution >= 4 is 29.2 Å². The van der Waals surface area contributed by atoms with Gasteiger partial charge in [-0.15, -0.1) is 0 Å². The molecular weight excluding hydrogens is 524 g/mol. The van der Waals surface area contributed by atoms with Crippen LogP contribution in [0.15, 0.2) is 30.4 Å². The molecule has 5 rings (SSSR count). The van der Waals surface area contributed by atoms with Crippen LogP contribution < -0.4 is 10.4 Å². The van der Waals surface area contributed by atoms with Gasteiger partial charge in [-0.1, -0.05) is 49.7 Å². The summed E-state index contributed by atoms with van der Waals surface area (Å²) in [7, 11) is 1.68. The number of nitrogens with zero attached hydrogens (tertiary/aromatic N) is 1. The molecule has 1 saturated heterocycles. The number of nitrogens with one attached hydrogen (secondary N) is 1. The highest BCUT2D eigenvalue weighted by atomic mass is 35.5. The molecule has 214 valence electrons. The summed E-state index contributed by atoms with van der Waals surface area (Å²) in [6.07, 6.45) is -0.605. The van der Waals surface area contributed by atoms with Gasteiger partial charge >= 0.3 is 11.9 Å². The largest absolute Gasteiger partial charge is 0.458 e. The van der Waals surface area contributed by atoms with Crippen molar-refractivity contribution in [3.8, 4) is 0 Å². The SMILES string of the molecule is C=C(C)[C@@H]1CC[C@@H](C)[C@@]2(O)[C@H]1CC(C)[C@@H](OC(C)=O)[C@@H]2OC(=O)[C@@H]1C[C@@]2(O)c3cccc(Cl)c3N(C)O[C@H]2N1. The van der Waals surface area contributed by atoms with Crippen molar-refractivity contribution in [1.29, 1.82) is 0 Å². The molecule has 10 heteroatoms. The predicted octanol–water partition coefficient (Wildman–Crippen LogP) is 3.45. The van der Waals surface area contributed by atoms with Crippen LogP contribution in [0.2, 0.25) is 5.02 Å². The van der Waals surface area contributed by atoms with Crippen LogP contribution in [0.1, 0.15) is 58.9 Å². The number of aliphatic hydroxyl groups is 2. The molecule has 4 aliphatic rings. The van der Waals surface area contributed by atoms with Crippen molar-refractivity contribution in [1.82, 2.24) is 5.32 Å². The van der Waals surface area contributed by atoms with Gasteiger partial charge in [-0.2, -0.15) is 0 Å². The molecule has 1 aromatic rings. The summed E-state index contributed by atoms with van der Waals surface area (Å²) in [5, 5.41) is 29.0. The van der Waals surface area contributed by atoms with E-state index in [1.165, 1.54) is 12.0 Å². The fourth-order valence-electron chi connectivity index (χ4n) is 7.53. The van der Waals surface area contributed by atoms with Gasteiger partial charge < -0.3 is 19.7 Å². The normalized spacial score (nSPS) is 41.2. The molecule has 2 aliphatic carbocycles. The molecule has 1 unspecified atom stereocenters. The number of ether oxygens (including phenoxy) is 2. The molecule has 2 saturated carbocycles. The maximum Gasteiger partial charge on any atom is 0.323 e. The number of hydrogen-bond donors (Lipinski definition) is 3. The third-order valence-electron chi connectivity index (χ3n) is 9.52. The molecule has 0 aromatic heterocycles. The van der Waals surface area contributed by atoms with E-state index in [1.807, 2.05) is 20.8 Å². The summed E-state index contributed by atoms with van der Waals surface area (Å²) < 4.78 is 11.9. The summed E-state index contributed by atoms with van der Waals surface area (Å²) in [5.74, 6) is -1.65. The maximum atomic E-state index is 13.8. The number of hydrogen-bond acceptors (Lipinski definition) is 9. The summed E-state index contributed by atoms with van der Waals surface area (Å²) in [6, 6.07) is 4.27. The molecule has 2 aliphatic heterocycles. The molecule has 3 N–H and O–H groups in total. The minimum Gasteiger partial charge on any atom is -0.458 e. The molecular formula is C29H39ClN2O7. The first kappa shape index (κ1) is 28.4. The lowest BCUT2D eigenvalue weighted by Crippen LogP contribution is -2.68. The first-order valence-corrected chi connectivity index (χ1v) is 14.1. The summed E-state index contributed by atoms with van der Waals surface area (Å²) in [5.41, 5.74) is -0.888. The van der Waals surface area contributed by atoms with Crippen LogP contribution in [0.3, 0.4) is 0 Å². The zero-order valence-corrected chi connectivity index (χ0v) is 23.9. The number of anilines is 1. The van der Waals surface area contributed by atoms with Crippen molar-refractivity contribution in [3.05, 3.63) is 40.9 Å². The van der Waals surface area contributed by atoms with Crippen LogP contribution in [0.4, 0.5) is 5.69 Å². The Balaban J connectivity index is 1.46. The standard InChI is InChI=1S/C29H39ClN2O7/c1-14(2)18-11-10-16(4)29(36)20(18)12-15(3)24(37-17(5)33)25(29)38-26(34)22-13-28(35)19-8-7-9-21(30)23(19)32(6)39-27(28)31-22/h7-9,15-16,18,20,22,24-25,27,31,35-36H,1,10-13H2,2-6H3/t15?,16-,18+,20+,22+,24-,25+,27-,28-,29-/m1/s1. The van der Waals surface area contributed by atoms with Crippen LogP contribution in [-0.4, -0.2) is 59.3 Å². The first-order valence-electron chi connectivity index (χ1n) is 13.7. The lowest BCUT2D eigenvalue weighted by Gasteiger charge is -2.57. The van der Waals surface area contributed by atoms with E-state index in [4.69, 9.17) is 25.9 Å². The van der Waals surface area contributed by atoms with Gasteiger partial charge in [0.05, 0.1) is 10.7 Å². The molecule has 1 aromatic carbocycles. The molecule has 9 nitrogen and oxygen atoms in total. The molecule has 2 heterocycles. The van der Waals surface area contributed by atoms with Crippen molar-refractivity contribution in [2.24, 2.45) is 23.7 Å². The summed E-state index contributed by atoms with van der Waals surface area (Å²) in [6.45, 7) is 11.4. The van der Waals surface area contributed by atoms with E-state index in [1.54, 1.807) is 25.2 Å². The van der Waals surface area contributed by atoms with Gasteiger partial charge in [-0.3, -0.25) is 24.8 Å². The van der Waals surface area contributed by atoms with Crippen LogP contribution in [0.5, 0.6) is 0 Å². The fraction of sp³-hybridized carbons (Fsp3) is 0.655. The third kappa shape index (κ3) is 4.47. The van der Waals surface area contributed by atoms with Crippen LogP contribution in [0.25, 0.3) is 0 Å². The van der Waals surface area contributed by atoms with Gasteiger partial charge in [0.2, 0.25) is 0 Å². The molecule has 0 bridgehead atoms. The second-order valence-corrected chi connectivity index (χ2v) is 12.4. The minimum atomic E-state index is -1.53. The molecule has 0 amide bonds. The highest BCUT2D eigenvalue weighted by Gasteiger charge is 2.63. The van der Waals surface area contributed by atoms with E-state index in [2.05, 4.69) is 11.9 Å². The van der Waals surface area contributed by atoms with Gasteiger partial charge in [0, 0.05) is 26.0 Å². The number of carbonyl (C=O) groups is 2. The monoisotopic (exact) mass is 562 g/mol. The minimum absolute atomic E-state index is 0.0238. The van der Waals surface area contributed by atoms with Gasteiger partial charge in [-0.25, -0.2) is 0 Å². The maximum absolute atomic E-state index is 13.8. The van der Waals surface area contributed by atoms with Gasteiger partial charge in [0.1, 0.15) is 23.3 Å². The van der Waals surface area contributed by atoms with E-state index >= 15 is 0 Å². The van der Waals surface area contributed by atoms with E-state index < -0.39 is 47.6 Å². The van der Waals surface area contributed by atoms with Gasteiger partial charge in [0.25, 0.3) is 0 Å². The average Bonchev–Trinajstić information content (AvgIpc) is 3.20. The van der Waals surface area contributed by atoms with Crippen LogP contribution >= 0.6 is 11.6 Å². The topological polar surface area (TPSA) is 118 Å². The Morgan fingerprint density at radius 3 is 2.59 bits per heavy atom. The molecule has 0 radical (unpaired) electrons. The lowest BCUT2D eigenvalue weighted by molar-refractivity contribution is -0.253.